The van der Waals surface area contributed by atoms with Gasteiger partial charge in [-0.15, -0.1) is 0 Å². The fraction of sp³-hybridized carbons (Fsp3) is 0.357. The maximum absolute atomic E-state index is 12.1. The molecule has 0 aliphatic rings. The zero-order valence-electron chi connectivity index (χ0n) is 11.6. The number of aryl methyl sites for hydroxylation is 3. The molecule has 1 aromatic carbocycles. The molecule has 0 aliphatic carbocycles. The van der Waals surface area contributed by atoms with Crippen LogP contribution in [0.1, 0.15) is 23.4 Å². The smallest absolute Gasteiger partial charge is 0.245 e. The van der Waals surface area contributed by atoms with E-state index in [1.54, 1.807) is 13.8 Å². The third-order valence-corrected chi connectivity index (χ3v) is 4.72. The molecule has 1 aromatic heterocycles. The largest absolute Gasteiger partial charge is 0.360 e. The Bertz CT molecular complexity index is 643. The topological polar surface area (TPSA) is 72.2 Å². The number of aromatic nitrogens is 1. The van der Waals surface area contributed by atoms with E-state index < -0.39 is 10.0 Å². The standard InChI is InChI=1S/C14H18N2O3S/c1-11-14(12(2)19-16-11)20(17,18)15-10-6-9-13-7-4-3-5-8-13/h3-5,7-8,15H,6,9-10H2,1-2H3. The van der Waals surface area contributed by atoms with Gasteiger partial charge in [0.2, 0.25) is 10.0 Å². The van der Waals surface area contributed by atoms with Crippen LogP contribution in [-0.4, -0.2) is 20.1 Å². The van der Waals surface area contributed by atoms with E-state index in [1.165, 1.54) is 5.56 Å². The summed E-state index contributed by atoms with van der Waals surface area (Å²) >= 11 is 0. The summed E-state index contributed by atoms with van der Waals surface area (Å²) in [6.45, 7) is 3.61. The lowest BCUT2D eigenvalue weighted by atomic mass is 10.1. The molecular weight excluding hydrogens is 276 g/mol. The number of benzene rings is 1. The Labute approximate surface area is 119 Å². The van der Waals surface area contributed by atoms with Gasteiger partial charge in [0, 0.05) is 6.54 Å². The average Bonchev–Trinajstić information content (AvgIpc) is 2.76. The summed E-state index contributed by atoms with van der Waals surface area (Å²) in [5, 5.41) is 3.66. The first-order valence-electron chi connectivity index (χ1n) is 6.47. The summed E-state index contributed by atoms with van der Waals surface area (Å²) in [7, 11) is -3.54. The predicted octanol–water partition coefficient (Wildman–Crippen LogP) is 2.20. The normalized spacial score (nSPS) is 11.7. The molecule has 0 atom stereocenters. The first-order valence-corrected chi connectivity index (χ1v) is 7.95. The molecule has 1 N–H and O–H groups in total. The van der Waals surface area contributed by atoms with Crippen molar-refractivity contribution in [1.29, 1.82) is 0 Å². The highest BCUT2D eigenvalue weighted by Gasteiger charge is 2.23. The quantitative estimate of drug-likeness (QED) is 0.829. The van der Waals surface area contributed by atoms with Crippen molar-refractivity contribution >= 4 is 10.0 Å². The average molecular weight is 294 g/mol. The van der Waals surface area contributed by atoms with Crippen LogP contribution in [0.25, 0.3) is 0 Å². The number of rotatable bonds is 6. The Kier molecular flexibility index (Phi) is 4.57. The Morgan fingerprint density at radius 3 is 2.50 bits per heavy atom. The van der Waals surface area contributed by atoms with Crippen molar-refractivity contribution in [2.24, 2.45) is 0 Å². The highest BCUT2D eigenvalue weighted by molar-refractivity contribution is 7.89. The summed E-state index contributed by atoms with van der Waals surface area (Å²) in [5.74, 6) is 0.318. The molecule has 2 aromatic rings. The Morgan fingerprint density at radius 1 is 1.20 bits per heavy atom. The highest BCUT2D eigenvalue weighted by atomic mass is 32.2. The maximum atomic E-state index is 12.1. The number of sulfonamides is 1. The van der Waals surface area contributed by atoms with Crippen molar-refractivity contribution in [3.8, 4) is 0 Å². The summed E-state index contributed by atoms with van der Waals surface area (Å²) in [5.41, 5.74) is 1.59. The minimum atomic E-state index is -3.54. The number of hydrogen-bond donors (Lipinski definition) is 1. The fourth-order valence-corrected chi connectivity index (χ4v) is 3.47. The van der Waals surface area contributed by atoms with Gasteiger partial charge in [0.25, 0.3) is 0 Å². The molecule has 0 spiro atoms. The lowest BCUT2D eigenvalue weighted by molar-refractivity contribution is 0.390. The van der Waals surface area contributed by atoms with Crippen LogP contribution in [0.3, 0.4) is 0 Å². The lowest BCUT2D eigenvalue weighted by Crippen LogP contribution is -2.26. The SMILES string of the molecule is Cc1noc(C)c1S(=O)(=O)NCCCc1ccccc1. The van der Waals surface area contributed by atoms with Crippen LogP contribution in [0.2, 0.25) is 0 Å². The molecule has 0 bridgehead atoms. The maximum Gasteiger partial charge on any atom is 0.245 e. The highest BCUT2D eigenvalue weighted by Crippen LogP contribution is 2.18. The van der Waals surface area contributed by atoms with Crippen molar-refractivity contribution in [1.82, 2.24) is 9.88 Å². The number of nitrogens with zero attached hydrogens (tertiary/aromatic N) is 1. The Morgan fingerprint density at radius 2 is 1.90 bits per heavy atom. The minimum absolute atomic E-state index is 0.150. The molecule has 108 valence electrons. The second-order valence-corrected chi connectivity index (χ2v) is 6.34. The molecule has 1 heterocycles. The van der Waals surface area contributed by atoms with E-state index in [2.05, 4.69) is 9.88 Å². The van der Waals surface area contributed by atoms with Gasteiger partial charge in [0.1, 0.15) is 10.6 Å². The van der Waals surface area contributed by atoms with E-state index in [-0.39, 0.29) is 4.90 Å². The van der Waals surface area contributed by atoms with Crippen LogP contribution in [0, 0.1) is 13.8 Å². The molecule has 0 fully saturated rings. The Hall–Kier alpha value is -1.66. The molecule has 0 aliphatic heterocycles. The molecule has 0 amide bonds. The summed E-state index contributed by atoms with van der Waals surface area (Å²) in [6, 6.07) is 9.97. The zero-order valence-corrected chi connectivity index (χ0v) is 12.4. The molecule has 2 rings (SSSR count). The van der Waals surface area contributed by atoms with E-state index >= 15 is 0 Å². The van der Waals surface area contributed by atoms with E-state index in [0.717, 1.165) is 12.8 Å². The fourth-order valence-electron chi connectivity index (χ4n) is 2.07. The van der Waals surface area contributed by atoms with Crippen molar-refractivity contribution in [3.05, 3.63) is 47.3 Å². The van der Waals surface area contributed by atoms with Gasteiger partial charge in [0.05, 0.1) is 0 Å². The van der Waals surface area contributed by atoms with Gasteiger partial charge >= 0.3 is 0 Å². The van der Waals surface area contributed by atoms with Crippen molar-refractivity contribution in [2.45, 2.75) is 31.6 Å². The van der Waals surface area contributed by atoms with E-state index in [1.807, 2.05) is 30.3 Å². The van der Waals surface area contributed by atoms with Gasteiger partial charge in [-0.2, -0.15) is 0 Å². The summed E-state index contributed by atoms with van der Waals surface area (Å²) in [4.78, 5) is 0.150. The number of nitrogens with one attached hydrogen (secondary N) is 1. The first kappa shape index (κ1) is 14.7. The third kappa shape index (κ3) is 3.46. The van der Waals surface area contributed by atoms with Crippen LogP contribution < -0.4 is 4.72 Å². The summed E-state index contributed by atoms with van der Waals surface area (Å²) in [6.07, 6.45) is 1.58. The van der Waals surface area contributed by atoms with Crippen LogP contribution >= 0.6 is 0 Å². The minimum Gasteiger partial charge on any atom is -0.360 e. The van der Waals surface area contributed by atoms with Crippen molar-refractivity contribution in [3.63, 3.8) is 0 Å². The van der Waals surface area contributed by atoms with Crippen LogP contribution in [0.4, 0.5) is 0 Å². The third-order valence-electron chi connectivity index (χ3n) is 3.01. The molecule has 0 saturated carbocycles. The van der Waals surface area contributed by atoms with Gasteiger partial charge in [-0.25, -0.2) is 13.1 Å². The predicted molar refractivity (Wildman–Crippen MR) is 75.9 cm³/mol. The van der Waals surface area contributed by atoms with Crippen LogP contribution in [0.5, 0.6) is 0 Å². The molecular formula is C14H18N2O3S. The van der Waals surface area contributed by atoms with Crippen LogP contribution in [0.15, 0.2) is 39.8 Å². The lowest BCUT2D eigenvalue weighted by Gasteiger charge is -2.06. The van der Waals surface area contributed by atoms with Gasteiger partial charge < -0.3 is 4.52 Å². The van der Waals surface area contributed by atoms with Gasteiger partial charge in [-0.05, 0) is 32.3 Å². The second kappa shape index (κ2) is 6.19. The summed E-state index contributed by atoms with van der Waals surface area (Å²) < 4.78 is 31.7. The molecule has 0 saturated heterocycles. The second-order valence-electron chi connectivity index (χ2n) is 4.64. The first-order chi connectivity index (χ1) is 9.50. The molecule has 0 radical (unpaired) electrons. The van der Waals surface area contributed by atoms with Gasteiger partial charge in [0.15, 0.2) is 5.76 Å². The van der Waals surface area contributed by atoms with E-state index in [9.17, 15) is 8.42 Å². The Balaban J connectivity index is 1.91. The van der Waals surface area contributed by atoms with Gasteiger partial charge in [-0.1, -0.05) is 35.5 Å². The monoisotopic (exact) mass is 294 g/mol. The zero-order chi connectivity index (χ0) is 14.6. The van der Waals surface area contributed by atoms with Crippen molar-refractivity contribution in [2.75, 3.05) is 6.54 Å². The van der Waals surface area contributed by atoms with Crippen molar-refractivity contribution < 1.29 is 12.9 Å². The molecule has 0 unspecified atom stereocenters. The molecule has 6 heteroatoms. The van der Waals surface area contributed by atoms with Gasteiger partial charge in [-0.3, -0.25) is 0 Å². The van der Waals surface area contributed by atoms with E-state index in [4.69, 9.17) is 4.52 Å². The molecule has 20 heavy (non-hydrogen) atoms. The van der Waals surface area contributed by atoms with Crippen LogP contribution in [-0.2, 0) is 16.4 Å². The van der Waals surface area contributed by atoms with E-state index in [0.29, 0.717) is 18.0 Å². The number of hydrogen-bond acceptors (Lipinski definition) is 4. The molecule has 5 nitrogen and oxygen atoms in total.